The number of rotatable bonds is 7. The average molecular weight is 411 g/mol. The molecular weight excluding hydrogens is 395 g/mol. The molecule has 0 bridgehead atoms. The van der Waals surface area contributed by atoms with Gasteiger partial charge in [0.1, 0.15) is 12.4 Å². The molecule has 1 N–H and O–H groups in total. The highest BCUT2D eigenvalue weighted by Crippen LogP contribution is 2.30. The molecule has 6 nitrogen and oxygen atoms in total. The van der Waals surface area contributed by atoms with Gasteiger partial charge in [0.15, 0.2) is 0 Å². The fourth-order valence-electron chi connectivity index (χ4n) is 2.38. The summed E-state index contributed by atoms with van der Waals surface area (Å²) in [5.41, 5.74) is -0.685. The minimum absolute atomic E-state index is 0.233. The van der Waals surface area contributed by atoms with Gasteiger partial charge in [-0.1, -0.05) is 6.07 Å². The number of benzene rings is 2. The second-order valence-corrected chi connectivity index (χ2v) is 7.46. The lowest BCUT2D eigenvalue weighted by atomic mass is 10.2. The molecule has 0 amide bonds. The molecule has 0 aliphatic carbocycles. The second kappa shape index (κ2) is 7.93. The molecule has 148 valence electrons. The Labute approximate surface area is 159 Å². The van der Waals surface area contributed by atoms with Crippen LogP contribution in [0.5, 0.6) is 5.75 Å². The summed E-state index contributed by atoms with van der Waals surface area (Å²) in [5, 5.41) is 4.04. The first-order valence-corrected chi connectivity index (χ1v) is 9.63. The smallest absolute Gasteiger partial charge is 0.416 e. The van der Waals surface area contributed by atoms with Crippen molar-refractivity contribution in [2.24, 2.45) is 0 Å². The third-order valence-electron chi connectivity index (χ3n) is 3.73. The van der Waals surface area contributed by atoms with Crippen molar-refractivity contribution in [2.75, 3.05) is 11.3 Å². The third kappa shape index (κ3) is 5.03. The first-order chi connectivity index (χ1) is 13.2. The monoisotopic (exact) mass is 411 g/mol. The zero-order valence-electron chi connectivity index (χ0n) is 14.4. The first-order valence-electron chi connectivity index (χ1n) is 8.14. The fraction of sp³-hybridized carbons (Fsp3) is 0.167. The van der Waals surface area contributed by atoms with E-state index in [9.17, 15) is 21.6 Å². The van der Waals surface area contributed by atoms with Gasteiger partial charge in [0.2, 0.25) is 0 Å². The number of nitrogens with zero attached hydrogens (tertiary/aromatic N) is 2. The molecule has 1 heterocycles. The molecular formula is C18H16F3N3O3S. The van der Waals surface area contributed by atoms with E-state index in [4.69, 9.17) is 4.74 Å². The predicted octanol–water partition coefficient (Wildman–Crippen LogP) is 3.78. The van der Waals surface area contributed by atoms with E-state index in [0.29, 0.717) is 18.9 Å². The Morgan fingerprint density at radius 1 is 1.07 bits per heavy atom. The van der Waals surface area contributed by atoms with Crippen LogP contribution in [0.2, 0.25) is 0 Å². The van der Waals surface area contributed by atoms with Gasteiger partial charge in [-0.15, -0.1) is 0 Å². The maximum absolute atomic E-state index is 12.6. The van der Waals surface area contributed by atoms with Crippen molar-refractivity contribution in [3.63, 3.8) is 0 Å². The summed E-state index contributed by atoms with van der Waals surface area (Å²) in [6.07, 6.45) is -1.09. The molecule has 0 radical (unpaired) electrons. The van der Waals surface area contributed by atoms with Crippen molar-refractivity contribution in [1.82, 2.24) is 9.78 Å². The Hall–Kier alpha value is -3.01. The van der Waals surface area contributed by atoms with Crippen molar-refractivity contribution in [1.29, 1.82) is 0 Å². The number of halogens is 3. The molecule has 0 saturated heterocycles. The summed E-state index contributed by atoms with van der Waals surface area (Å²) in [6.45, 7) is 0.852. The van der Waals surface area contributed by atoms with Crippen LogP contribution in [0.3, 0.4) is 0 Å². The lowest BCUT2D eigenvalue weighted by Crippen LogP contribution is -2.14. The summed E-state index contributed by atoms with van der Waals surface area (Å²) < 4.78 is 72.2. The lowest BCUT2D eigenvalue weighted by Gasteiger charge is -2.12. The third-order valence-corrected chi connectivity index (χ3v) is 5.12. The van der Waals surface area contributed by atoms with Gasteiger partial charge in [-0.25, -0.2) is 8.42 Å². The molecule has 10 heteroatoms. The Kier molecular flexibility index (Phi) is 5.59. The summed E-state index contributed by atoms with van der Waals surface area (Å²) in [5.74, 6) is 0.444. The lowest BCUT2D eigenvalue weighted by molar-refractivity contribution is -0.137. The largest absolute Gasteiger partial charge is 0.492 e. The summed E-state index contributed by atoms with van der Waals surface area (Å²) >= 11 is 0. The van der Waals surface area contributed by atoms with E-state index in [1.807, 2.05) is 0 Å². The Morgan fingerprint density at radius 3 is 2.46 bits per heavy atom. The Morgan fingerprint density at radius 2 is 1.82 bits per heavy atom. The number of anilines is 1. The molecule has 0 aliphatic heterocycles. The highest BCUT2D eigenvalue weighted by atomic mass is 32.2. The van der Waals surface area contributed by atoms with Gasteiger partial charge < -0.3 is 4.74 Å². The second-order valence-electron chi connectivity index (χ2n) is 5.77. The molecule has 0 fully saturated rings. The van der Waals surface area contributed by atoms with Crippen LogP contribution in [0.1, 0.15) is 5.56 Å². The maximum atomic E-state index is 12.6. The van der Waals surface area contributed by atoms with E-state index >= 15 is 0 Å². The minimum atomic E-state index is -4.53. The quantitative estimate of drug-likeness (QED) is 0.642. The van der Waals surface area contributed by atoms with E-state index in [1.165, 1.54) is 12.1 Å². The summed E-state index contributed by atoms with van der Waals surface area (Å²) in [4.78, 5) is -0.273. The van der Waals surface area contributed by atoms with Gasteiger partial charge in [0, 0.05) is 18.5 Å². The molecule has 0 unspecified atom stereocenters. The highest BCUT2D eigenvalue weighted by Gasteiger charge is 2.30. The molecule has 3 rings (SSSR count). The van der Waals surface area contributed by atoms with Gasteiger partial charge in [-0.2, -0.15) is 18.3 Å². The highest BCUT2D eigenvalue weighted by molar-refractivity contribution is 7.92. The summed E-state index contributed by atoms with van der Waals surface area (Å²) in [6, 6.07) is 11.3. The van der Waals surface area contributed by atoms with Crippen LogP contribution >= 0.6 is 0 Å². The normalized spacial score (nSPS) is 12.0. The molecule has 2 aromatic carbocycles. The number of nitrogens with one attached hydrogen (secondary N) is 1. The van der Waals surface area contributed by atoms with Gasteiger partial charge in [0.05, 0.1) is 22.7 Å². The molecule has 0 aliphatic rings. The predicted molar refractivity (Wildman–Crippen MR) is 96.4 cm³/mol. The van der Waals surface area contributed by atoms with E-state index in [1.54, 1.807) is 35.3 Å². The molecule has 0 saturated carbocycles. The van der Waals surface area contributed by atoms with E-state index in [2.05, 4.69) is 9.82 Å². The van der Waals surface area contributed by atoms with Gasteiger partial charge >= 0.3 is 6.18 Å². The van der Waals surface area contributed by atoms with Gasteiger partial charge in [-0.05, 0) is 42.5 Å². The Bertz CT molecular complexity index is 1020. The van der Waals surface area contributed by atoms with Crippen molar-refractivity contribution in [2.45, 2.75) is 17.6 Å². The zero-order chi connectivity index (χ0) is 20.2. The van der Waals surface area contributed by atoms with Crippen molar-refractivity contribution in [3.05, 3.63) is 72.6 Å². The number of hydrogen-bond acceptors (Lipinski definition) is 4. The van der Waals surface area contributed by atoms with Crippen LogP contribution < -0.4 is 9.46 Å². The van der Waals surface area contributed by atoms with E-state index < -0.39 is 21.8 Å². The summed E-state index contributed by atoms with van der Waals surface area (Å²) in [7, 11) is -4.04. The zero-order valence-corrected chi connectivity index (χ0v) is 15.2. The Balaban J connectivity index is 1.66. The van der Waals surface area contributed by atoms with Crippen LogP contribution in [-0.4, -0.2) is 24.8 Å². The molecule has 0 atom stereocenters. The van der Waals surface area contributed by atoms with Crippen LogP contribution in [0.25, 0.3) is 0 Å². The van der Waals surface area contributed by atoms with Crippen molar-refractivity contribution < 1.29 is 26.3 Å². The minimum Gasteiger partial charge on any atom is -0.492 e. The van der Waals surface area contributed by atoms with Crippen LogP contribution in [0, 0.1) is 0 Å². The topological polar surface area (TPSA) is 73.2 Å². The first kappa shape index (κ1) is 19.7. The van der Waals surface area contributed by atoms with Crippen molar-refractivity contribution >= 4 is 15.7 Å². The van der Waals surface area contributed by atoms with Gasteiger partial charge in [-0.3, -0.25) is 9.40 Å². The SMILES string of the molecule is O=S(=O)(Nc1cccc(OCCn2cccn2)c1)c1ccc(C(F)(F)F)cc1. The molecule has 28 heavy (non-hydrogen) atoms. The molecule has 1 aromatic heterocycles. The van der Waals surface area contributed by atoms with E-state index in [-0.39, 0.29) is 10.6 Å². The maximum Gasteiger partial charge on any atom is 0.416 e. The standard InChI is InChI=1S/C18H16F3N3O3S/c19-18(20,21)14-5-7-17(8-6-14)28(25,26)23-15-3-1-4-16(13-15)27-12-11-24-10-2-9-22-24/h1-10,13,23H,11-12H2. The van der Waals surface area contributed by atoms with Gasteiger partial charge in [0.25, 0.3) is 10.0 Å². The molecule has 0 spiro atoms. The number of hydrogen-bond donors (Lipinski definition) is 1. The number of ether oxygens (including phenoxy) is 1. The van der Waals surface area contributed by atoms with Crippen LogP contribution in [-0.2, 0) is 22.7 Å². The van der Waals surface area contributed by atoms with Crippen molar-refractivity contribution in [3.8, 4) is 5.75 Å². The molecule has 3 aromatic rings. The average Bonchev–Trinajstić information content (AvgIpc) is 3.14. The number of sulfonamides is 1. The van der Waals surface area contributed by atoms with Crippen LogP contribution in [0.4, 0.5) is 18.9 Å². The van der Waals surface area contributed by atoms with E-state index in [0.717, 1.165) is 24.3 Å². The fourth-order valence-corrected chi connectivity index (χ4v) is 3.43. The number of alkyl halides is 3. The van der Waals surface area contributed by atoms with Crippen LogP contribution in [0.15, 0.2) is 71.9 Å². The number of aromatic nitrogens is 2.